The molecule has 0 unspecified atom stereocenters. The molecule has 0 fully saturated rings. The van der Waals surface area contributed by atoms with E-state index in [4.69, 9.17) is 16.3 Å². The topological polar surface area (TPSA) is 105 Å². The van der Waals surface area contributed by atoms with Gasteiger partial charge in [-0.1, -0.05) is 23.7 Å². The highest BCUT2D eigenvalue weighted by Gasteiger charge is 2.14. The molecule has 0 aliphatic carbocycles. The van der Waals surface area contributed by atoms with Crippen molar-refractivity contribution in [3.8, 4) is 11.8 Å². The Kier molecular flexibility index (Phi) is 6.25. The first kappa shape index (κ1) is 20.1. The molecule has 0 aliphatic heterocycles. The summed E-state index contributed by atoms with van der Waals surface area (Å²) < 4.78 is 5.60. The number of carbonyl (C=O) groups excluding carboxylic acids is 2. The van der Waals surface area contributed by atoms with Crippen molar-refractivity contribution >= 4 is 34.9 Å². The van der Waals surface area contributed by atoms with Crippen LogP contribution in [0.15, 0.2) is 54.9 Å². The number of benzene rings is 2. The van der Waals surface area contributed by atoms with Gasteiger partial charge in [-0.3, -0.25) is 10.1 Å². The predicted molar refractivity (Wildman–Crippen MR) is 111 cm³/mol. The molecule has 0 radical (unpaired) electrons. The number of nitrogens with zero attached hydrogens (tertiary/aromatic N) is 2. The van der Waals surface area contributed by atoms with Crippen LogP contribution in [0.5, 0.6) is 11.8 Å². The second kappa shape index (κ2) is 9.03. The van der Waals surface area contributed by atoms with Gasteiger partial charge < -0.3 is 15.4 Å². The lowest BCUT2D eigenvalue weighted by atomic mass is 10.1. The van der Waals surface area contributed by atoms with Crippen molar-refractivity contribution in [1.82, 2.24) is 15.3 Å². The maximum atomic E-state index is 12.3. The standard InChI is InChI=1S/C20H18ClN5O3/c1-12-9-14(7-8-17(12)29-20-23-10-13(21)11-24-20)25-19(28)26-18(27)15-5-3-4-6-16(15)22-2/h3-11,22H,1-2H3,(H2,25,26,27,28). The van der Waals surface area contributed by atoms with Crippen molar-refractivity contribution in [3.05, 3.63) is 71.0 Å². The van der Waals surface area contributed by atoms with E-state index >= 15 is 0 Å². The number of rotatable bonds is 5. The number of imide groups is 1. The zero-order valence-corrected chi connectivity index (χ0v) is 16.4. The molecule has 29 heavy (non-hydrogen) atoms. The second-order valence-corrected chi connectivity index (χ2v) is 6.41. The number of urea groups is 1. The fourth-order valence-electron chi connectivity index (χ4n) is 2.53. The Balaban J connectivity index is 1.64. The summed E-state index contributed by atoms with van der Waals surface area (Å²) in [7, 11) is 1.70. The number of ether oxygens (including phenoxy) is 1. The molecule has 0 atom stereocenters. The lowest BCUT2D eigenvalue weighted by molar-refractivity contribution is 0.0968. The number of hydrogen-bond acceptors (Lipinski definition) is 6. The van der Waals surface area contributed by atoms with Gasteiger partial charge in [0.05, 0.1) is 23.0 Å². The summed E-state index contributed by atoms with van der Waals surface area (Å²) in [5.74, 6) is 0.0151. The van der Waals surface area contributed by atoms with E-state index in [1.54, 1.807) is 49.5 Å². The molecular formula is C20H18ClN5O3. The SMILES string of the molecule is CNc1ccccc1C(=O)NC(=O)Nc1ccc(Oc2ncc(Cl)cn2)c(C)c1. The molecule has 8 nitrogen and oxygen atoms in total. The smallest absolute Gasteiger partial charge is 0.326 e. The van der Waals surface area contributed by atoms with E-state index in [-0.39, 0.29) is 6.01 Å². The average Bonchev–Trinajstić information content (AvgIpc) is 2.71. The van der Waals surface area contributed by atoms with Crippen LogP contribution in [-0.4, -0.2) is 29.0 Å². The second-order valence-electron chi connectivity index (χ2n) is 5.97. The van der Waals surface area contributed by atoms with Gasteiger partial charge in [-0.2, -0.15) is 0 Å². The number of aromatic nitrogens is 2. The number of carbonyl (C=O) groups is 2. The lowest BCUT2D eigenvalue weighted by Crippen LogP contribution is -2.34. The van der Waals surface area contributed by atoms with Gasteiger partial charge in [0, 0.05) is 18.4 Å². The average molecular weight is 412 g/mol. The Morgan fingerprint density at radius 2 is 1.79 bits per heavy atom. The fraction of sp³-hybridized carbons (Fsp3) is 0.100. The molecule has 148 valence electrons. The Morgan fingerprint density at radius 3 is 2.48 bits per heavy atom. The molecule has 2 aromatic carbocycles. The summed E-state index contributed by atoms with van der Waals surface area (Å²) in [6, 6.07) is 11.4. The molecular weight excluding hydrogens is 394 g/mol. The van der Waals surface area contributed by atoms with Gasteiger partial charge >= 0.3 is 12.0 Å². The zero-order chi connectivity index (χ0) is 20.8. The fourth-order valence-corrected chi connectivity index (χ4v) is 2.62. The van der Waals surface area contributed by atoms with E-state index in [0.717, 1.165) is 5.56 Å². The lowest BCUT2D eigenvalue weighted by Gasteiger charge is -2.11. The van der Waals surface area contributed by atoms with E-state index in [1.165, 1.54) is 12.4 Å². The largest absolute Gasteiger partial charge is 0.424 e. The first-order valence-corrected chi connectivity index (χ1v) is 8.99. The van der Waals surface area contributed by atoms with Crippen LogP contribution in [-0.2, 0) is 0 Å². The molecule has 9 heteroatoms. The van der Waals surface area contributed by atoms with E-state index in [2.05, 4.69) is 25.9 Å². The van der Waals surface area contributed by atoms with Gasteiger partial charge in [-0.25, -0.2) is 14.8 Å². The number of para-hydroxylation sites is 1. The van der Waals surface area contributed by atoms with Gasteiger partial charge in [0.2, 0.25) is 0 Å². The summed E-state index contributed by atoms with van der Waals surface area (Å²) in [6.45, 7) is 1.81. The molecule has 3 rings (SSSR count). The normalized spacial score (nSPS) is 10.2. The molecule has 0 aliphatic rings. The van der Waals surface area contributed by atoms with Gasteiger partial charge in [0.1, 0.15) is 5.75 Å². The molecule has 0 spiro atoms. The van der Waals surface area contributed by atoms with Gasteiger partial charge in [0.25, 0.3) is 5.91 Å². The molecule has 1 aromatic heterocycles. The van der Waals surface area contributed by atoms with Crippen LogP contribution in [0.1, 0.15) is 15.9 Å². The third kappa shape index (κ3) is 5.20. The number of nitrogens with one attached hydrogen (secondary N) is 3. The minimum atomic E-state index is -0.644. The van der Waals surface area contributed by atoms with Crippen LogP contribution >= 0.6 is 11.6 Å². The first-order valence-electron chi connectivity index (χ1n) is 8.61. The van der Waals surface area contributed by atoms with E-state index < -0.39 is 11.9 Å². The highest BCUT2D eigenvalue weighted by molar-refractivity contribution is 6.30. The number of aryl methyl sites for hydroxylation is 1. The number of hydrogen-bond donors (Lipinski definition) is 3. The van der Waals surface area contributed by atoms with Gasteiger partial charge in [-0.05, 0) is 42.8 Å². The summed E-state index contributed by atoms with van der Waals surface area (Å²) >= 11 is 5.75. The maximum absolute atomic E-state index is 12.3. The van der Waals surface area contributed by atoms with Gasteiger partial charge in [0.15, 0.2) is 0 Å². The molecule has 3 amide bonds. The summed E-state index contributed by atoms with van der Waals surface area (Å²) in [6.07, 6.45) is 2.87. The number of halogens is 1. The monoisotopic (exact) mass is 411 g/mol. The summed E-state index contributed by atoms with van der Waals surface area (Å²) in [5, 5.41) is 8.25. The van der Waals surface area contributed by atoms with Crippen LogP contribution in [0.2, 0.25) is 5.02 Å². The molecule has 3 aromatic rings. The number of anilines is 2. The van der Waals surface area contributed by atoms with Crippen molar-refractivity contribution in [3.63, 3.8) is 0 Å². The minimum absolute atomic E-state index is 0.157. The zero-order valence-electron chi connectivity index (χ0n) is 15.7. The predicted octanol–water partition coefficient (Wildman–Crippen LogP) is 4.23. The minimum Gasteiger partial charge on any atom is -0.424 e. The van der Waals surface area contributed by atoms with Crippen LogP contribution in [0.3, 0.4) is 0 Å². The summed E-state index contributed by atoms with van der Waals surface area (Å²) in [4.78, 5) is 32.5. The third-order valence-corrected chi connectivity index (χ3v) is 4.09. The highest BCUT2D eigenvalue weighted by Crippen LogP contribution is 2.25. The Morgan fingerprint density at radius 1 is 1.07 bits per heavy atom. The Bertz CT molecular complexity index is 1040. The molecule has 1 heterocycles. The third-order valence-electron chi connectivity index (χ3n) is 3.90. The quantitative estimate of drug-likeness (QED) is 0.580. The van der Waals surface area contributed by atoms with Crippen LogP contribution < -0.4 is 20.7 Å². The molecule has 0 bridgehead atoms. The van der Waals surface area contributed by atoms with Crippen molar-refractivity contribution < 1.29 is 14.3 Å². The maximum Gasteiger partial charge on any atom is 0.326 e. The summed E-state index contributed by atoms with van der Waals surface area (Å²) in [5.41, 5.74) is 2.24. The van der Waals surface area contributed by atoms with Crippen molar-refractivity contribution in [2.45, 2.75) is 6.92 Å². The van der Waals surface area contributed by atoms with E-state index in [1.807, 2.05) is 6.92 Å². The Hall–Kier alpha value is -3.65. The highest BCUT2D eigenvalue weighted by atomic mass is 35.5. The number of amides is 3. The van der Waals surface area contributed by atoms with Crippen LogP contribution in [0.4, 0.5) is 16.2 Å². The van der Waals surface area contributed by atoms with Crippen LogP contribution in [0.25, 0.3) is 0 Å². The van der Waals surface area contributed by atoms with Crippen molar-refractivity contribution in [1.29, 1.82) is 0 Å². The molecule has 3 N–H and O–H groups in total. The van der Waals surface area contributed by atoms with Gasteiger partial charge in [-0.15, -0.1) is 0 Å². The van der Waals surface area contributed by atoms with Crippen LogP contribution in [0, 0.1) is 6.92 Å². The Labute approximate surface area is 172 Å². The van der Waals surface area contributed by atoms with Crippen molar-refractivity contribution in [2.24, 2.45) is 0 Å². The first-order chi connectivity index (χ1) is 14.0. The van der Waals surface area contributed by atoms with E-state index in [9.17, 15) is 9.59 Å². The molecule has 0 saturated carbocycles. The van der Waals surface area contributed by atoms with Crippen molar-refractivity contribution in [2.75, 3.05) is 17.7 Å². The van der Waals surface area contributed by atoms with E-state index in [0.29, 0.717) is 27.7 Å². The molecule has 0 saturated heterocycles.